The molecule has 0 amide bonds. The molecule has 0 heteroatoms. The molecule has 0 fully saturated rings. The van der Waals surface area contributed by atoms with Crippen LogP contribution in [0.3, 0.4) is 0 Å². The minimum atomic E-state index is 0.440. The monoisotopic (exact) mass is 132 g/mol. The minimum Gasteiger partial charge on any atom is -0.0907 e. The predicted molar refractivity (Wildman–Crippen MR) is 44.4 cm³/mol. The Hall–Kier alpha value is -0.960. The van der Waals surface area contributed by atoms with Gasteiger partial charge in [-0.3, -0.25) is 0 Å². The van der Waals surface area contributed by atoms with Gasteiger partial charge in [-0.25, -0.2) is 0 Å². The molecule has 0 aliphatic heterocycles. The van der Waals surface area contributed by atoms with Crippen LogP contribution in [0, 0.1) is 23.7 Å². The summed E-state index contributed by atoms with van der Waals surface area (Å²) < 4.78 is 0. The Bertz CT molecular complexity index is 208. The van der Waals surface area contributed by atoms with Crippen LogP contribution < -0.4 is 0 Å². The molecule has 0 spiro atoms. The van der Waals surface area contributed by atoms with Crippen molar-refractivity contribution >= 4 is 0 Å². The number of allylic oxidation sites excluding steroid dienone is 4. The molecule has 0 aromatic rings. The Morgan fingerprint density at radius 1 is 1.30 bits per heavy atom. The smallest absolute Gasteiger partial charge is 0.0412 e. The lowest BCUT2D eigenvalue weighted by molar-refractivity contribution is 0.566. The van der Waals surface area contributed by atoms with E-state index in [9.17, 15) is 0 Å². The molecule has 1 aliphatic carbocycles. The van der Waals surface area contributed by atoms with Crippen LogP contribution in [-0.2, 0) is 0 Å². The van der Waals surface area contributed by atoms with E-state index in [4.69, 9.17) is 0 Å². The van der Waals surface area contributed by atoms with Gasteiger partial charge in [-0.05, 0) is 12.0 Å². The van der Waals surface area contributed by atoms with Crippen molar-refractivity contribution in [3.8, 4) is 11.8 Å². The van der Waals surface area contributed by atoms with Crippen LogP contribution in [-0.4, -0.2) is 0 Å². The van der Waals surface area contributed by atoms with E-state index in [0.29, 0.717) is 11.8 Å². The van der Waals surface area contributed by atoms with Crippen molar-refractivity contribution in [2.24, 2.45) is 11.8 Å². The van der Waals surface area contributed by atoms with Gasteiger partial charge in [0.1, 0.15) is 0 Å². The van der Waals surface area contributed by atoms with E-state index in [1.807, 2.05) is 12.2 Å². The number of hydrogen-bond acceptors (Lipinski definition) is 0. The van der Waals surface area contributed by atoms with Crippen molar-refractivity contribution in [1.29, 1.82) is 0 Å². The molecule has 0 bridgehead atoms. The molecule has 10 heavy (non-hydrogen) atoms. The van der Waals surface area contributed by atoms with Crippen molar-refractivity contribution < 1.29 is 0 Å². The van der Waals surface area contributed by atoms with Gasteiger partial charge < -0.3 is 0 Å². The van der Waals surface area contributed by atoms with Gasteiger partial charge >= 0.3 is 0 Å². The maximum Gasteiger partial charge on any atom is 0.0412 e. The van der Waals surface area contributed by atoms with Gasteiger partial charge in [-0.15, -0.1) is 0 Å². The molecule has 0 nitrogen and oxygen atoms in total. The first-order valence-corrected chi connectivity index (χ1v) is 3.65. The van der Waals surface area contributed by atoms with E-state index in [0.717, 1.165) is 0 Å². The predicted octanol–water partition coefficient (Wildman–Crippen LogP) is 2.39. The molecular formula is C10H12. The van der Waals surface area contributed by atoms with Gasteiger partial charge in [-0.1, -0.05) is 43.9 Å². The first-order chi connectivity index (χ1) is 4.80. The molecule has 1 rings (SSSR count). The van der Waals surface area contributed by atoms with Gasteiger partial charge in [0.25, 0.3) is 0 Å². The summed E-state index contributed by atoms with van der Waals surface area (Å²) in [6.45, 7) is 4.38. The Morgan fingerprint density at radius 3 is 2.80 bits per heavy atom. The van der Waals surface area contributed by atoms with Crippen LogP contribution >= 0.6 is 0 Å². The first-order valence-electron chi connectivity index (χ1n) is 3.65. The summed E-state index contributed by atoms with van der Waals surface area (Å²) in [6.07, 6.45) is 8.08. The summed E-state index contributed by atoms with van der Waals surface area (Å²) in [6, 6.07) is 0. The van der Waals surface area contributed by atoms with Crippen LogP contribution in [0.1, 0.15) is 13.8 Å². The maximum absolute atomic E-state index is 3.16. The van der Waals surface area contributed by atoms with Crippen LogP contribution in [0.5, 0.6) is 0 Å². The van der Waals surface area contributed by atoms with E-state index in [1.54, 1.807) is 0 Å². The third kappa shape index (κ3) is 1.77. The Labute approximate surface area is 62.6 Å². The van der Waals surface area contributed by atoms with E-state index in [2.05, 4.69) is 37.8 Å². The number of rotatable bonds is 1. The van der Waals surface area contributed by atoms with E-state index < -0.39 is 0 Å². The lowest BCUT2D eigenvalue weighted by Gasteiger charge is -2.07. The molecule has 1 unspecified atom stereocenters. The van der Waals surface area contributed by atoms with Crippen LogP contribution in [0.4, 0.5) is 0 Å². The Kier molecular flexibility index (Phi) is 2.34. The highest BCUT2D eigenvalue weighted by Gasteiger charge is 2.04. The van der Waals surface area contributed by atoms with Crippen molar-refractivity contribution in [1.82, 2.24) is 0 Å². The molecule has 0 aromatic carbocycles. The van der Waals surface area contributed by atoms with Gasteiger partial charge in [0.15, 0.2) is 0 Å². The highest BCUT2D eigenvalue weighted by atomic mass is 14.1. The van der Waals surface area contributed by atoms with Gasteiger partial charge in [0.2, 0.25) is 0 Å². The topological polar surface area (TPSA) is 0 Å². The summed E-state index contributed by atoms with van der Waals surface area (Å²) in [4.78, 5) is 0. The Morgan fingerprint density at radius 2 is 2.10 bits per heavy atom. The average Bonchev–Trinajstić information content (AvgIpc) is 2.12. The lowest BCUT2D eigenvalue weighted by atomic mass is 9.96. The lowest BCUT2D eigenvalue weighted by Crippen LogP contribution is -2.01. The molecule has 0 N–H and O–H groups in total. The minimum absolute atomic E-state index is 0.440. The van der Waals surface area contributed by atoms with Gasteiger partial charge in [-0.2, -0.15) is 0 Å². The molecule has 52 valence electrons. The highest BCUT2D eigenvalue weighted by molar-refractivity contribution is 5.27. The number of hydrogen-bond donors (Lipinski definition) is 0. The van der Waals surface area contributed by atoms with Gasteiger partial charge in [0.05, 0.1) is 0 Å². The van der Waals surface area contributed by atoms with Crippen LogP contribution in [0.2, 0.25) is 0 Å². The molecule has 0 saturated carbocycles. The SMILES string of the molecule is CC(C)C1C#CC=CC=C1. The standard InChI is InChI=1S/C10H12/c1-9(2)10-7-5-3-4-6-8-10/h3-5,7,9-10H,1-2H3. The van der Waals surface area contributed by atoms with Crippen molar-refractivity contribution in [2.45, 2.75) is 13.8 Å². The third-order valence-corrected chi connectivity index (χ3v) is 1.58. The molecule has 1 atom stereocenters. The molecule has 0 aromatic heterocycles. The largest absolute Gasteiger partial charge is 0.0907 e. The van der Waals surface area contributed by atoms with E-state index in [1.165, 1.54) is 0 Å². The van der Waals surface area contributed by atoms with Gasteiger partial charge in [0, 0.05) is 5.92 Å². The quantitative estimate of drug-likeness (QED) is 0.480. The zero-order valence-corrected chi connectivity index (χ0v) is 6.46. The van der Waals surface area contributed by atoms with E-state index in [-0.39, 0.29) is 0 Å². The fourth-order valence-electron chi connectivity index (χ4n) is 0.869. The molecule has 1 aliphatic rings. The summed E-state index contributed by atoms with van der Waals surface area (Å²) in [5.74, 6) is 7.21. The maximum atomic E-state index is 3.16. The summed E-state index contributed by atoms with van der Waals surface area (Å²) in [5.41, 5.74) is 0. The summed E-state index contributed by atoms with van der Waals surface area (Å²) >= 11 is 0. The van der Waals surface area contributed by atoms with Crippen LogP contribution in [0.25, 0.3) is 0 Å². The Balaban J connectivity index is 2.69. The zero-order valence-electron chi connectivity index (χ0n) is 6.46. The fraction of sp³-hybridized carbons (Fsp3) is 0.400. The average molecular weight is 132 g/mol. The fourth-order valence-corrected chi connectivity index (χ4v) is 0.869. The normalized spacial score (nSPS) is 22.1. The van der Waals surface area contributed by atoms with E-state index >= 15 is 0 Å². The second-order valence-corrected chi connectivity index (χ2v) is 2.80. The second kappa shape index (κ2) is 3.27. The summed E-state index contributed by atoms with van der Waals surface area (Å²) in [5, 5.41) is 0. The molecule has 0 heterocycles. The highest BCUT2D eigenvalue weighted by Crippen LogP contribution is 2.11. The van der Waals surface area contributed by atoms with Crippen LogP contribution in [0.15, 0.2) is 24.3 Å². The summed E-state index contributed by atoms with van der Waals surface area (Å²) in [7, 11) is 0. The third-order valence-electron chi connectivity index (χ3n) is 1.58. The van der Waals surface area contributed by atoms with Crippen molar-refractivity contribution in [3.63, 3.8) is 0 Å². The first kappa shape index (κ1) is 7.15. The molecule has 0 saturated heterocycles. The second-order valence-electron chi connectivity index (χ2n) is 2.80. The van der Waals surface area contributed by atoms with Crippen molar-refractivity contribution in [2.75, 3.05) is 0 Å². The molecule has 0 radical (unpaired) electrons. The zero-order chi connectivity index (χ0) is 7.40. The van der Waals surface area contributed by atoms with Crippen molar-refractivity contribution in [3.05, 3.63) is 24.3 Å². The molecular weight excluding hydrogens is 120 g/mol.